The van der Waals surface area contributed by atoms with Crippen molar-refractivity contribution in [1.82, 2.24) is 0 Å². The highest BCUT2D eigenvalue weighted by molar-refractivity contribution is 7.99. The van der Waals surface area contributed by atoms with Gasteiger partial charge in [-0.25, -0.2) is 4.79 Å². The summed E-state index contributed by atoms with van der Waals surface area (Å²) in [7, 11) is 0. The predicted molar refractivity (Wildman–Crippen MR) is 77.0 cm³/mol. The number of anilines is 1. The molecule has 0 amide bonds. The van der Waals surface area contributed by atoms with E-state index in [0.717, 1.165) is 17.1 Å². The van der Waals surface area contributed by atoms with Crippen molar-refractivity contribution < 1.29 is 9.53 Å². The molecule has 0 spiro atoms. The Bertz CT molecular complexity index is 405. The molecule has 0 aromatic heterocycles. The molecule has 4 heteroatoms. The van der Waals surface area contributed by atoms with Crippen LogP contribution in [-0.2, 0) is 4.74 Å². The molecule has 0 saturated carbocycles. The number of carbonyl (C=O) groups excluding carboxylic acids is 1. The van der Waals surface area contributed by atoms with Crippen LogP contribution in [0, 0.1) is 5.92 Å². The number of carbonyl (C=O) groups is 1. The molecular weight excluding hydrogens is 246 g/mol. The van der Waals surface area contributed by atoms with Crippen molar-refractivity contribution in [2.75, 3.05) is 18.1 Å². The van der Waals surface area contributed by atoms with E-state index in [-0.39, 0.29) is 5.97 Å². The zero-order valence-corrected chi connectivity index (χ0v) is 12.0. The summed E-state index contributed by atoms with van der Waals surface area (Å²) in [5.74, 6) is 1.36. The van der Waals surface area contributed by atoms with E-state index in [9.17, 15) is 4.79 Å². The van der Waals surface area contributed by atoms with Crippen LogP contribution in [0.15, 0.2) is 23.1 Å². The van der Waals surface area contributed by atoms with Gasteiger partial charge in [-0.15, -0.1) is 11.8 Å². The summed E-state index contributed by atoms with van der Waals surface area (Å²) in [5.41, 5.74) is 6.89. The van der Waals surface area contributed by atoms with Crippen molar-refractivity contribution in [1.29, 1.82) is 0 Å². The monoisotopic (exact) mass is 267 g/mol. The molecule has 2 N–H and O–H groups in total. The van der Waals surface area contributed by atoms with Gasteiger partial charge in [0.1, 0.15) is 0 Å². The normalized spacial score (nSPS) is 10.7. The van der Waals surface area contributed by atoms with Crippen LogP contribution >= 0.6 is 11.8 Å². The van der Waals surface area contributed by atoms with Gasteiger partial charge >= 0.3 is 5.97 Å². The SMILES string of the molecule is CCOC(=O)c1cc(N)ccc1SCCC(C)C. The van der Waals surface area contributed by atoms with E-state index in [0.29, 0.717) is 23.8 Å². The molecule has 3 nitrogen and oxygen atoms in total. The van der Waals surface area contributed by atoms with Gasteiger partial charge in [-0.05, 0) is 43.2 Å². The zero-order chi connectivity index (χ0) is 13.5. The van der Waals surface area contributed by atoms with E-state index in [1.807, 2.05) is 12.1 Å². The first-order valence-electron chi connectivity index (χ1n) is 6.24. The highest BCUT2D eigenvalue weighted by Gasteiger charge is 2.13. The molecule has 0 fully saturated rings. The lowest BCUT2D eigenvalue weighted by atomic mass is 10.2. The lowest BCUT2D eigenvalue weighted by Crippen LogP contribution is -2.07. The summed E-state index contributed by atoms with van der Waals surface area (Å²) >= 11 is 1.68. The zero-order valence-electron chi connectivity index (χ0n) is 11.2. The van der Waals surface area contributed by atoms with Crippen LogP contribution in [0.3, 0.4) is 0 Å². The molecule has 0 aliphatic heterocycles. The number of hydrogen-bond acceptors (Lipinski definition) is 4. The fourth-order valence-electron chi connectivity index (χ4n) is 1.45. The van der Waals surface area contributed by atoms with Gasteiger partial charge in [-0.1, -0.05) is 13.8 Å². The molecule has 0 saturated heterocycles. The van der Waals surface area contributed by atoms with Crippen LogP contribution in [-0.4, -0.2) is 18.3 Å². The van der Waals surface area contributed by atoms with E-state index in [1.54, 1.807) is 24.8 Å². The second kappa shape index (κ2) is 7.31. The van der Waals surface area contributed by atoms with Gasteiger partial charge in [-0.2, -0.15) is 0 Å². The number of ether oxygens (including phenoxy) is 1. The molecule has 0 radical (unpaired) electrons. The van der Waals surface area contributed by atoms with Gasteiger partial charge in [0.15, 0.2) is 0 Å². The van der Waals surface area contributed by atoms with Gasteiger partial charge in [0.05, 0.1) is 12.2 Å². The minimum absolute atomic E-state index is 0.295. The first-order chi connectivity index (χ1) is 8.54. The van der Waals surface area contributed by atoms with Gasteiger partial charge in [0.2, 0.25) is 0 Å². The Kier molecular flexibility index (Phi) is 6.05. The average Bonchev–Trinajstić information content (AvgIpc) is 2.31. The Labute approximate surface area is 113 Å². The van der Waals surface area contributed by atoms with E-state index >= 15 is 0 Å². The molecule has 0 bridgehead atoms. The van der Waals surface area contributed by atoms with E-state index in [4.69, 9.17) is 10.5 Å². The second-order valence-electron chi connectivity index (χ2n) is 4.51. The topological polar surface area (TPSA) is 52.3 Å². The standard InChI is InChI=1S/C14H21NO2S/c1-4-17-14(16)12-9-11(15)5-6-13(12)18-8-7-10(2)3/h5-6,9-10H,4,7-8,15H2,1-3H3. The molecule has 18 heavy (non-hydrogen) atoms. The largest absolute Gasteiger partial charge is 0.462 e. The lowest BCUT2D eigenvalue weighted by molar-refractivity contribution is 0.0522. The maximum absolute atomic E-state index is 11.8. The summed E-state index contributed by atoms with van der Waals surface area (Å²) in [6, 6.07) is 5.41. The number of esters is 1. The molecule has 0 unspecified atom stereocenters. The molecule has 0 aliphatic carbocycles. The fourth-order valence-corrected chi connectivity index (χ4v) is 2.72. The van der Waals surface area contributed by atoms with Crippen molar-refractivity contribution >= 4 is 23.4 Å². The van der Waals surface area contributed by atoms with Crippen molar-refractivity contribution in [3.05, 3.63) is 23.8 Å². The molecule has 0 atom stereocenters. The van der Waals surface area contributed by atoms with E-state index in [2.05, 4.69) is 13.8 Å². The highest BCUT2D eigenvalue weighted by atomic mass is 32.2. The van der Waals surface area contributed by atoms with Crippen LogP contribution in [0.2, 0.25) is 0 Å². The van der Waals surface area contributed by atoms with Crippen molar-refractivity contribution in [2.24, 2.45) is 5.92 Å². The maximum atomic E-state index is 11.8. The Morgan fingerprint density at radius 1 is 1.44 bits per heavy atom. The first kappa shape index (κ1) is 14.9. The minimum atomic E-state index is -0.295. The number of nitrogens with two attached hydrogens (primary N) is 1. The van der Waals surface area contributed by atoms with Gasteiger partial charge in [0.25, 0.3) is 0 Å². The second-order valence-corrected chi connectivity index (χ2v) is 5.64. The highest BCUT2D eigenvalue weighted by Crippen LogP contribution is 2.27. The van der Waals surface area contributed by atoms with Crippen LogP contribution in [0.5, 0.6) is 0 Å². The van der Waals surface area contributed by atoms with Crippen molar-refractivity contribution in [2.45, 2.75) is 32.1 Å². The Morgan fingerprint density at radius 2 is 2.17 bits per heavy atom. The first-order valence-corrected chi connectivity index (χ1v) is 7.22. The average molecular weight is 267 g/mol. The molecule has 1 aromatic carbocycles. The number of hydrogen-bond donors (Lipinski definition) is 1. The number of nitrogen functional groups attached to an aromatic ring is 1. The van der Waals surface area contributed by atoms with Gasteiger partial charge in [0, 0.05) is 10.6 Å². The summed E-state index contributed by atoms with van der Waals surface area (Å²) < 4.78 is 5.04. The Hall–Kier alpha value is -1.16. The summed E-state index contributed by atoms with van der Waals surface area (Å²) in [6.07, 6.45) is 1.12. The number of thioether (sulfide) groups is 1. The van der Waals surface area contributed by atoms with E-state index < -0.39 is 0 Å². The Morgan fingerprint density at radius 3 is 2.78 bits per heavy atom. The molecule has 0 aliphatic rings. The van der Waals surface area contributed by atoms with Crippen LogP contribution in [0.25, 0.3) is 0 Å². The third-order valence-corrected chi connectivity index (χ3v) is 3.56. The fraction of sp³-hybridized carbons (Fsp3) is 0.500. The smallest absolute Gasteiger partial charge is 0.339 e. The van der Waals surface area contributed by atoms with Crippen molar-refractivity contribution in [3.63, 3.8) is 0 Å². The summed E-state index contributed by atoms with van der Waals surface area (Å²) in [6.45, 7) is 6.56. The van der Waals surface area contributed by atoms with Gasteiger partial charge < -0.3 is 10.5 Å². The minimum Gasteiger partial charge on any atom is -0.462 e. The van der Waals surface area contributed by atoms with Crippen LogP contribution in [0.1, 0.15) is 37.6 Å². The third kappa shape index (κ3) is 4.61. The number of benzene rings is 1. The van der Waals surface area contributed by atoms with E-state index in [1.165, 1.54) is 0 Å². The molecular formula is C14H21NO2S. The molecule has 100 valence electrons. The predicted octanol–water partition coefficient (Wildman–Crippen LogP) is 3.58. The van der Waals surface area contributed by atoms with Crippen LogP contribution in [0.4, 0.5) is 5.69 Å². The quantitative estimate of drug-likeness (QED) is 0.486. The molecule has 1 aromatic rings. The Balaban J connectivity index is 2.79. The maximum Gasteiger partial charge on any atom is 0.339 e. The lowest BCUT2D eigenvalue weighted by Gasteiger charge is -2.10. The third-order valence-electron chi connectivity index (χ3n) is 2.45. The summed E-state index contributed by atoms with van der Waals surface area (Å²) in [4.78, 5) is 12.8. The van der Waals surface area contributed by atoms with Gasteiger partial charge in [-0.3, -0.25) is 0 Å². The van der Waals surface area contributed by atoms with Crippen LogP contribution < -0.4 is 5.73 Å². The summed E-state index contributed by atoms with van der Waals surface area (Å²) in [5, 5.41) is 0. The molecule has 1 rings (SSSR count). The van der Waals surface area contributed by atoms with Crippen molar-refractivity contribution in [3.8, 4) is 0 Å². The number of rotatable bonds is 6. The molecule has 0 heterocycles.